The second-order valence-corrected chi connectivity index (χ2v) is 5.13. The molecule has 2 aromatic carbocycles. The van der Waals surface area contributed by atoms with Gasteiger partial charge in [-0.05, 0) is 60.7 Å². The van der Waals surface area contributed by atoms with Crippen LogP contribution in [0, 0.1) is 20.8 Å². The maximum atomic E-state index is 10.5. The zero-order valence-corrected chi connectivity index (χ0v) is 11.6. The number of benzene rings is 2. The molecule has 0 saturated heterocycles. The van der Waals surface area contributed by atoms with E-state index in [1.54, 1.807) is 0 Å². The molecule has 18 heavy (non-hydrogen) atoms. The van der Waals surface area contributed by atoms with Gasteiger partial charge in [-0.25, -0.2) is 0 Å². The van der Waals surface area contributed by atoms with Crippen LogP contribution in [0.1, 0.15) is 33.9 Å². The highest BCUT2D eigenvalue weighted by atomic mass is 35.5. The molecule has 1 N–H and O–H groups in total. The first-order valence-corrected chi connectivity index (χ1v) is 6.38. The highest BCUT2D eigenvalue weighted by molar-refractivity contribution is 6.30. The Balaban J connectivity index is 2.48. The number of aryl methyl sites for hydroxylation is 2. The Morgan fingerprint density at radius 1 is 0.944 bits per heavy atom. The van der Waals surface area contributed by atoms with E-state index < -0.39 is 6.10 Å². The van der Waals surface area contributed by atoms with Crippen LogP contribution in [0.5, 0.6) is 0 Å². The van der Waals surface area contributed by atoms with Crippen LogP contribution in [0.3, 0.4) is 0 Å². The second kappa shape index (κ2) is 5.13. The van der Waals surface area contributed by atoms with Crippen LogP contribution in [-0.2, 0) is 0 Å². The van der Waals surface area contributed by atoms with Crippen LogP contribution < -0.4 is 0 Å². The van der Waals surface area contributed by atoms with Crippen LogP contribution in [0.25, 0.3) is 0 Å². The summed E-state index contributed by atoms with van der Waals surface area (Å²) < 4.78 is 0. The van der Waals surface area contributed by atoms with Gasteiger partial charge in [0, 0.05) is 5.02 Å². The Hall–Kier alpha value is -1.31. The quantitative estimate of drug-likeness (QED) is 0.851. The van der Waals surface area contributed by atoms with Crippen LogP contribution in [-0.4, -0.2) is 5.11 Å². The van der Waals surface area contributed by atoms with E-state index in [1.165, 1.54) is 5.56 Å². The molecular weight excluding hydrogens is 244 g/mol. The summed E-state index contributed by atoms with van der Waals surface area (Å²) in [5, 5.41) is 11.2. The molecule has 0 aromatic heterocycles. The molecule has 1 atom stereocenters. The van der Waals surface area contributed by atoms with Crippen molar-refractivity contribution in [1.82, 2.24) is 0 Å². The summed E-state index contributed by atoms with van der Waals surface area (Å²) in [6.45, 7) is 6.06. The molecule has 1 unspecified atom stereocenters. The molecule has 0 saturated carbocycles. The number of aliphatic hydroxyl groups excluding tert-OH is 1. The largest absolute Gasteiger partial charge is 0.384 e. The zero-order valence-electron chi connectivity index (χ0n) is 10.9. The maximum absolute atomic E-state index is 10.5. The first-order valence-electron chi connectivity index (χ1n) is 6.01. The molecule has 0 aliphatic heterocycles. The molecule has 2 heteroatoms. The average molecular weight is 261 g/mol. The minimum Gasteiger partial charge on any atom is -0.384 e. The highest BCUT2D eigenvalue weighted by Crippen LogP contribution is 2.29. The van der Waals surface area contributed by atoms with E-state index in [9.17, 15) is 5.11 Å². The van der Waals surface area contributed by atoms with Crippen molar-refractivity contribution in [3.05, 3.63) is 69.2 Å². The Labute approximate surface area is 113 Å². The number of halogens is 1. The lowest BCUT2D eigenvalue weighted by Gasteiger charge is -2.17. The predicted octanol–water partition coefficient (Wildman–Crippen LogP) is 4.35. The van der Waals surface area contributed by atoms with Gasteiger partial charge in [0.1, 0.15) is 6.10 Å². The van der Waals surface area contributed by atoms with Crippen LogP contribution in [0.4, 0.5) is 0 Å². The third kappa shape index (κ3) is 2.43. The topological polar surface area (TPSA) is 20.2 Å². The van der Waals surface area contributed by atoms with Crippen LogP contribution >= 0.6 is 11.6 Å². The lowest BCUT2D eigenvalue weighted by molar-refractivity contribution is 0.218. The van der Waals surface area contributed by atoms with E-state index in [0.717, 1.165) is 22.3 Å². The molecule has 2 aromatic rings. The summed E-state index contributed by atoms with van der Waals surface area (Å²) in [6, 6.07) is 11.6. The van der Waals surface area contributed by atoms with E-state index in [4.69, 9.17) is 11.6 Å². The molecule has 0 spiro atoms. The molecule has 0 amide bonds. The van der Waals surface area contributed by atoms with E-state index in [-0.39, 0.29) is 0 Å². The van der Waals surface area contributed by atoms with Crippen molar-refractivity contribution >= 4 is 11.6 Å². The predicted molar refractivity (Wildman–Crippen MR) is 76.2 cm³/mol. The molecule has 94 valence electrons. The van der Waals surface area contributed by atoms with Gasteiger partial charge in [0.05, 0.1) is 0 Å². The standard InChI is InChI=1S/C16H17ClO/c1-10-5-4-6-15(12(10)3)16(18)14-8-7-13(17)9-11(14)2/h4-9,16,18H,1-3H3. The fraction of sp³-hybridized carbons (Fsp3) is 0.250. The van der Waals surface area contributed by atoms with Gasteiger partial charge in [0.2, 0.25) is 0 Å². The van der Waals surface area contributed by atoms with Crippen molar-refractivity contribution in [2.24, 2.45) is 0 Å². The summed E-state index contributed by atoms with van der Waals surface area (Å²) in [4.78, 5) is 0. The molecule has 0 aliphatic rings. The summed E-state index contributed by atoms with van der Waals surface area (Å²) in [7, 11) is 0. The summed E-state index contributed by atoms with van der Waals surface area (Å²) in [6.07, 6.45) is -0.595. The highest BCUT2D eigenvalue weighted by Gasteiger charge is 2.15. The second-order valence-electron chi connectivity index (χ2n) is 4.69. The fourth-order valence-corrected chi connectivity index (χ4v) is 2.41. The summed E-state index contributed by atoms with van der Waals surface area (Å²) in [5.74, 6) is 0. The van der Waals surface area contributed by atoms with Crippen molar-refractivity contribution in [1.29, 1.82) is 0 Å². The third-order valence-corrected chi connectivity index (χ3v) is 3.70. The smallest absolute Gasteiger partial charge is 0.105 e. The zero-order chi connectivity index (χ0) is 13.3. The molecule has 1 nitrogen and oxygen atoms in total. The van der Waals surface area contributed by atoms with Gasteiger partial charge in [-0.15, -0.1) is 0 Å². The summed E-state index contributed by atoms with van der Waals surface area (Å²) >= 11 is 5.94. The molecule has 0 heterocycles. The number of aliphatic hydroxyl groups is 1. The Morgan fingerprint density at radius 2 is 1.67 bits per heavy atom. The summed E-state index contributed by atoms with van der Waals surface area (Å²) in [5.41, 5.74) is 5.21. The van der Waals surface area contributed by atoms with Gasteiger partial charge in [0.25, 0.3) is 0 Å². The minimum absolute atomic E-state index is 0.595. The Morgan fingerprint density at radius 3 is 2.33 bits per heavy atom. The van der Waals surface area contributed by atoms with Gasteiger partial charge in [-0.3, -0.25) is 0 Å². The van der Waals surface area contributed by atoms with Crippen molar-refractivity contribution in [2.45, 2.75) is 26.9 Å². The first-order chi connectivity index (χ1) is 8.50. The molecule has 2 rings (SSSR count). The van der Waals surface area contributed by atoms with Gasteiger partial charge in [0.15, 0.2) is 0 Å². The average Bonchev–Trinajstić information content (AvgIpc) is 2.32. The Bertz CT molecular complexity index is 575. The number of hydrogen-bond acceptors (Lipinski definition) is 1. The molecular formula is C16H17ClO. The minimum atomic E-state index is -0.595. The fourth-order valence-electron chi connectivity index (χ4n) is 2.18. The molecule has 0 fully saturated rings. The first kappa shape index (κ1) is 13.1. The van der Waals surface area contributed by atoms with Crippen LogP contribution in [0.2, 0.25) is 5.02 Å². The van der Waals surface area contributed by atoms with E-state index in [2.05, 4.69) is 13.0 Å². The van der Waals surface area contributed by atoms with Gasteiger partial charge in [-0.2, -0.15) is 0 Å². The van der Waals surface area contributed by atoms with Gasteiger partial charge < -0.3 is 5.11 Å². The maximum Gasteiger partial charge on any atom is 0.105 e. The lowest BCUT2D eigenvalue weighted by Crippen LogP contribution is -2.04. The number of rotatable bonds is 2. The molecule has 0 aliphatic carbocycles. The third-order valence-electron chi connectivity index (χ3n) is 3.47. The van der Waals surface area contributed by atoms with Crippen molar-refractivity contribution in [3.8, 4) is 0 Å². The number of hydrogen-bond donors (Lipinski definition) is 1. The molecule has 0 bridgehead atoms. The monoisotopic (exact) mass is 260 g/mol. The van der Waals surface area contributed by atoms with E-state index in [0.29, 0.717) is 5.02 Å². The van der Waals surface area contributed by atoms with Crippen molar-refractivity contribution in [3.63, 3.8) is 0 Å². The molecule has 0 radical (unpaired) electrons. The lowest BCUT2D eigenvalue weighted by atomic mass is 9.93. The van der Waals surface area contributed by atoms with Gasteiger partial charge >= 0.3 is 0 Å². The SMILES string of the molecule is Cc1cc(Cl)ccc1C(O)c1cccc(C)c1C. The van der Waals surface area contributed by atoms with Gasteiger partial charge in [-0.1, -0.05) is 35.9 Å². The Kier molecular flexibility index (Phi) is 3.74. The van der Waals surface area contributed by atoms with Crippen LogP contribution in [0.15, 0.2) is 36.4 Å². The van der Waals surface area contributed by atoms with Crippen molar-refractivity contribution in [2.75, 3.05) is 0 Å². The van der Waals surface area contributed by atoms with E-state index >= 15 is 0 Å². The van der Waals surface area contributed by atoms with E-state index in [1.807, 2.05) is 44.2 Å². The van der Waals surface area contributed by atoms with Crippen molar-refractivity contribution < 1.29 is 5.11 Å². The normalized spacial score (nSPS) is 12.5.